The molecule has 1 saturated heterocycles. The third-order valence-electron chi connectivity index (χ3n) is 4.83. The van der Waals surface area contributed by atoms with E-state index in [1.54, 1.807) is 41.3 Å². The molecule has 0 atom stereocenters. The van der Waals surface area contributed by atoms with Crippen molar-refractivity contribution in [1.82, 2.24) is 9.21 Å². The number of sulfonamides is 1. The van der Waals surface area contributed by atoms with E-state index in [0.29, 0.717) is 29.2 Å². The third kappa shape index (κ3) is 3.45. The number of anilines is 1. The highest BCUT2D eigenvalue weighted by Crippen LogP contribution is 2.21. The van der Waals surface area contributed by atoms with E-state index in [0.717, 1.165) is 11.1 Å². The van der Waals surface area contributed by atoms with E-state index in [1.165, 1.54) is 4.31 Å². The number of rotatable bonds is 3. The highest BCUT2D eigenvalue weighted by molar-refractivity contribution is 7.89. The maximum absolute atomic E-state index is 12.9. The van der Waals surface area contributed by atoms with Gasteiger partial charge in [0.1, 0.15) is 0 Å². The highest BCUT2D eigenvalue weighted by Gasteiger charge is 2.30. The minimum absolute atomic E-state index is 0.161. The van der Waals surface area contributed by atoms with Crippen LogP contribution in [0.4, 0.5) is 5.69 Å². The molecule has 0 aliphatic carbocycles. The van der Waals surface area contributed by atoms with Crippen molar-refractivity contribution >= 4 is 21.6 Å². The molecule has 0 aromatic heterocycles. The number of benzene rings is 2. The molecular weight excluding hydrogens is 350 g/mol. The minimum Gasteiger partial charge on any atom is -0.398 e. The van der Waals surface area contributed by atoms with Crippen LogP contribution in [0.25, 0.3) is 0 Å². The number of piperazine rings is 1. The number of amides is 1. The van der Waals surface area contributed by atoms with E-state index in [1.807, 2.05) is 19.9 Å². The first-order valence-corrected chi connectivity index (χ1v) is 9.96. The lowest BCUT2D eigenvalue weighted by atomic mass is 10.1. The van der Waals surface area contributed by atoms with Crippen molar-refractivity contribution < 1.29 is 13.2 Å². The van der Waals surface area contributed by atoms with Crippen molar-refractivity contribution in [2.45, 2.75) is 18.7 Å². The molecule has 2 aromatic rings. The predicted molar refractivity (Wildman–Crippen MR) is 101 cm³/mol. The maximum atomic E-state index is 12.9. The number of hydrogen-bond donors (Lipinski definition) is 1. The van der Waals surface area contributed by atoms with Crippen molar-refractivity contribution in [3.8, 4) is 0 Å². The van der Waals surface area contributed by atoms with Crippen LogP contribution in [0.5, 0.6) is 0 Å². The van der Waals surface area contributed by atoms with E-state index in [2.05, 4.69) is 0 Å². The second-order valence-electron chi connectivity index (χ2n) is 6.53. The fraction of sp³-hybridized carbons (Fsp3) is 0.316. The van der Waals surface area contributed by atoms with Gasteiger partial charge in [0.05, 0.1) is 10.5 Å². The van der Waals surface area contributed by atoms with E-state index in [4.69, 9.17) is 5.73 Å². The Kier molecular flexibility index (Phi) is 5.02. The van der Waals surface area contributed by atoms with Gasteiger partial charge < -0.3 is 10.6 Å². The van der Waals surface area contributed by atoms with Gasteiger partial charge in [-0.05, 0) is 49.2 Å². The van der Waals surface area contributed by atoms with Crippen LogP contribution in [0.1, 0.15) is 21.5 Å². The number of para-hydroxylation sites is 1. The Balaban J connectivity index is 1.72. The first-order chi connectivity index (χ1) is 12.3. The predicted octanol–water partition coefficient (Wildman–Crippen LogP) is 2.03. The molecule has 1 aliphatic rings. The maximum Gasteiger partial charge on any atom is 0.256 e. The summed E-state index contributed by atoms with van der Waals surface area (Å²) in [6.45, 7) is 5.08. The van der Waals surface area contributed by atoms with E-state index < -0.39 is 10.0 Å². The van der Waals surface area contributed by atoms with Gasteiger partial charge in [0.15, 0.2) is 0 Å². The molecule has 1 aliphatic heterocycles. The van der Waals surface area contributed by atoms with E-state index >= 15 is 0 Å². The fourth-order valence-electron chi connectivity index (χ4n) is 3.02. The number of carbonyl (C=O) groups excluding carboxylic acids is 1. The van der Waals surface area contributed by atoms with Gasteiger partial charge in [0, 0.05) is 31.9 Å². The number of carbonyl (C=O) groups is 1. The van der Waals surface area contributed by atoms with Crippen molar-refractivity contribution in [3.05, 3.63) is 59.2 Å². The standard InChI is InChI=1S/C19H23N3O3S/c1-14-7-8-16(13-15(14)2)26(24,25)22-11-9-21(10-12-22)19(23)17-5-3-4-6-18(17)20/h3-8,13H,9-12,20H2,1-2H3. The second-order valence-corrected chi connectivity index (χ2v) is 8.47. The molecule has 1 heterocycles. The lowest BCUT2D eigenvalue weighted by Gasteiger charge is -2.34. The van der Waals surface area contributed by atoms with Gasteiger partial charge in [-0.2, -0.15) is 4.31 Å². The molecule has 6 nitrogen and oxygen atoms in total. The van der Waals surface area contributed by atoms with Crippen molar-refractivity contribution in [2.24, 2.45) is 0 Å². The average Bonchev–Trinajstić information content (AvgIpc) is 2.64. The molecule has 138 valence electrons. The number of aryl methyl sites for hydroxylation is 2. The Hall–Kier alpha value is -2.38. The van der Waals surface area contributed by atoms with Crippen LogP contribution in [-0.4, -0.2) is 49.7 Å². The first kappa shape index (κ1) is 18.4. The number of hydrogen-bond acceptors (Lipinski definition) is 4. The quantitative estimate of drug-likeness (QED) is 0.835. The third-order valence-corrected chi connectivity index (χ3v) is 6.73. The summed E-state index contributed by atoms with van der Waals surface area (Å²) in [4.78, 5) is 14.6. The van der Waals surface area contributed by atoms with Crippen LogP contribution < -0.4 is 5.73 Å². The van der Waals surface area contributed by atoms with Crippen LogP contribution in [0.3, 0.4) is 0 Å². The monoisotopic (exact) mass is 373 g/mol. The molecule has 0 spiro atoms. The summed E-state index contributed by atoms with van der Waals surface area (Å²) in [7, 11) is -3.55. The minimum atomic E-state index is -3.55. The molecule has 26 heavy (non-hydrogen) atoms. The zero-order chi connectivity index (χ0) is 18.9. The van der Waals surface area contributed by atoms with Crippen LogP contribution in [0, 0.1) is 13.8 Å². The van der Waals surface area contributed by atoms with Gasteiger partial charge in [-0.15, -0.1) is 0 Å². The summed E-state index contributed by atoms with van der Waals surface area (Å²) < 4.78 is 27.1. The Morgan fingerprint density at radius 1 is 0.962 bits per heavy atom. The molecule has 1 fully saturated rings. The molecule has 0 unspecified atom stereocenters. The summed E-state index contributed by atoms with van der Waals surface area (Å²) in [6.07, 6.45) is 0. The van der Waals surface area contributed by atoms with Crippen LogP contribution >= 0.6 is 0 Å². The normalized spacial score (nSPS) is 15.8. The topological polar surface area (TPSA) is 83.7 Å². The van der Waals surface area contributed by atoms with Crippen LogP contribution in [0.15, 0.2) is 47.4 Å². The van der Waals surface area contributed by atoms with Gasteiger partial charge in [0.2, 0.25) is 10.0 Å². The van der Waals surface area contributed by atoms with Gasteiger partial charge in [-0.3, -0.25) is 4.79 Å². The summed E-state index contributed by atoms with van der Waals surface area (Å²) in [5, 5.41) is 0. The average molecular weight is 373 g/mol. The first-order valence-electron chi connectivity index (χ1n) is 8.52. The molecule has 2 aromatic carbocycles. The SMILES string of the molecule is Cc1ccc(S(=O)(=O)N2CCN(C(=O)c3ccccc3N)CC2)cc1C. The Morgan fingerprint density at radius 3 is 2.23 bits per heavy atom. The molecule has 0 bridgehead atoms. The fourth-order valence-corrected chi connectivity index (χ4v) is 4.52. The summed E-state index contributed by atoms with van der Waals surface area (Å²) >= 11 is 0. The van der Waals surface area contributed by atoms with Gasteiger partial charge in [-0.1, -0.05) is 18.2 Å². The molecular formula is C19H23N3O3S. The summed E-state index contributed by atoms with van der Waals surface area (Å²) in [6, 6.07) is 12.1. The summed E-state index contributed by atoms with van der Waals surface area (Å²) in [5.74, 6) is -0.161. The Bertz CT molecular complexity index is 933. The van der Waals surface area contributed by atoms with Crippen molar-refractivity contribution in [3.63, 3.8) is 0 Å². The zero-order valence-corrected chi connectivity index (χ0v) is 15.8. The molecule has 7 heteroatoms. The molecule has 3 rings (SSSR count). The lowest BCUT2D eigenvalue weighted by molar-refractivity contribution is 0.0699. The smallest absolute Gasteiger partial charge is 0.256 e. The molecule has 1 amide bonds. The van der Waals surface area contributed by atoms with E-state index in [-0.39, 0.29) is 19.0 Å². The lowest BCUT2D eigenvalue weighted by Crippen LogP contribution is -2.50. The van der Waals surface area contributed by atoms with Crippen molar-refractivity contribution in [2.75, 3.05) is 31.9 Å². The second kappa shape index (κ2) is 7.09. The number of nitrogens with zero attached hydrogens (tertiary/aromatic N) is 2. The van der Waals surface area contributed by atoms with Gasteiger partial charge in [0.25, 0.3) is 5.91 Å². The number of nitrogen functional groups attached to an aromatic ring is 1. The van der Waals surface area contributed by atoms with Crippen molar-refractivity contribution in [1.29, 1.82) is 0 Å². The number of nitrogens with two attached hydrogens (primary N) is 1. The van der Waals surface area contributed by atoms with Gasteiger partial charge in [-0.25, -0.2) is 8.42 Å². The van der Waals surface area contributed by atoms with E-state index in [9.17, 15) is 13.2 Å². The summed E-state index contributed by atoms with van der Waals surface area (Å²) in [5.41, 5.74) is 8.76. The molecule has 0 saturated carbocycles. The largest absolute Gasteiger partial charge is 0.398 e. The van der Waals surface area contributed by atoms with Crippen LogP contribution in [0.2, 0.25) is 0 Å². The molecule has 0 radical (unpaired) electrons. The molecule has 2 N–H and O–H groups in total. The zero-order valence-electron chi connectivity index (χ0n) is 15.0. The highest BCUT2D eigenvalue weighted by atomic mass is 32.2. The van der Waals surface area contributed by atoms with Gasteiger partial charge >= 0.3 is 0 Å². The Morgan fingerprint density at radius 2 is 1.62 bits per heavy atom. The van der Waals surface area contributed by atoms with Crippen LogP contribution in [-0.2, 0) is 10.0 Å². The Labute approximate surface area is 154 Å².